The quantitative estimate of drug-likeness (QED) is 0.158. The molecular weight excluding hydrogens is 492 g/mol. The minimum atomic E-state index is -1.39. The van der Waals surface area contributed by atoms with E-state index >= 15 is 0 Å². The highest BCUT2D eigenvalue weighted by Gasteiger charge is 2.55. The molecule has 1 aromatic heterocycles. The molecule has 35 heavy (non-hydrogen) atoms. The van der Waals surface area contributed by atoms with Gasteiger partial charge in [0.15, 0.2) is 16.4 Å². The van der Waals surface area contributed by atoms with Gasteiger partial charge in [-0.05, 0) is 11.5 Å². The molecule has 1 aromatic rings. The lowest BCUT2D eigenvalue weighted by Gasteiger charge is -2.51. The Morgan fingerprint density at radius 2 is 2.31 bits per heavy atom. The van der Waals surface area contributed by atoms with Gasteiger partial charge < -0.3 is 30.7 Å². The topological polar surface area (TPSA) is 154 Å². The number of fused-ring (bicyclic) bond motifs is 3. The molecular formula is C22H24N6O5S2. The monoisotopic (exact) mass is 516 g/mol. The van der Waals surface area contributed by atoms with Gasteiger partial charge in [0.25, 0.3) is 11.8 Å². The van der Waals surface area contributed by atoms with E-state index in [1.165, 1.54) is 28.7 Å². The lowest BCUT2D eigenvalue weighted by atomic mass is 9.87. The SMILES string of the molecule is CO/N=C(\C(=O)NC1C(=O)N2C(C(=O)[O-])=C(C[C@]34C#CC[C@H](CC3)[NH+]4C)CS[C@H]12)c1csc(N)n1. The van der Waals surface area contributed by atoms with Crippen molar-refractivity contribution in [2.75, 3.05) is 25.6 Å². The Bertz CT molecular complexity index is 1230. The Morgan fingerprint density at radius 3 is 3.00 bits per heavy atom. The maximum atomic E-state index is 13.1. The summed E-state index contributed by atoms with van der Waals surface area (Å²) in [6.45, 7) is 0. The number of oxime groups is 1. The molecule has 2 fully saturated rings. The number of β-lactam (4-membered cyclic amide) rings is 1. The summed E-state index contributed by atoms with van der Waals surface area (Å²) >= 11 is 2.55. The number of aromatic nitrogens is 1. The Hall–Kier alpha value is -3.08. The highest BCUT2D eigenvalue weighted by atomic mass is 32.2. The van der Waals surface area contributed by atoms with Crippen LogP contribution in [-0.4, -0.2) is 76.3 Å². The zero-order valence-electron chi connectivity index (χ0n) is 19.1. The zero-order chi connectivity index (χ0) is 24.9. The van der Waals surface area contributed by atoms with Crippen LogP contribution in [0.4, 0.5) is 5.13 Å². The van der Waals surface area contributed by atoms with Crippen molar-refractivity contribution >= 4 is 51.7 Å². The zero-order valence-corrected chi connectivity index (χ0v) is 20.8. The van der Waals surface area contributed by atoms with Gasteiger partial charge in [0.1, 0.15) is 24.2 Å². The van der Waals surface area contributed by atoms with Crippen LogP contribution in [-0.2, 0) is 19.2 Å². The highest BCUT2D eigenvalue weighted by Crippen LogP contribution is 2.43. The van der Waals surface area contributed by atoms with Crippen molar-refractivity contribution in [3.05, 3.63) is 22.3 Å². The number of thioether (sulfide) groups is 1. The summed E-state index contributed by atoms with van der Waals surface area (Å²) in [5, 5.41) is 19.8. The number of amides is 2. The second kappa shape index (κ2) is 8.85. The van der Waals surface area contributed by atoms with Gasteiger partial charge in [0.2, 0.25) is 0 Å². The summed E-state index contributed by atoms with van der Waals surface area (Å²) in [5.74, 6) is 4.44. The number of nitrogens with two attached hydrogens (primary N) is 1. The number of hydrogen-bond acceptors (Lipinski definition) is 10. The van der Waals surface area contributed by atoms with E-state index < -0.39 is 29.2 Å². The summed E-state index contributed by atoms with van der Waals surface area (Å²) in [6, 6.07) is -0.466. The molecule has 0 aliphatic carbocycles. The first-order valence-corrected chi connectivity index (χ1v) is 13.0. The van der Waals surface area contributed by atoms with Crippen molar-refractivity contribution in [2.24, 2.45) is 5.16 Å². The minimum absolute atomic E-state index is 0.0969. The normalized spacial score (nSPS) is 31.3. The largest absolute Gasteiger partial charge is 0.543 e. The van der Waals surface area contributed by atoms with Crippen LogP contribution in [0.1, 0.15) is 31.4 Å². The summed E-state index contributed by atoms with van der Waals surface area (Å²) in [6.07, 6.45) is 3.25. The molecule has 4 N–H and O–H groups in total. The Balaban J connectivity index is 1.36. The number of carboxylic acids is 1. The molecule has 13 heteroatoms. The van der Waals surface area contributed by atoms with E-state index in [0.29, 0.717) is 23.8 Å². The molecule has 2 bridgehead atoms. The Kier molecular flexibility index (Phi) is 5.98. The molecule has 2 saturated heterocycles. The molecule has 5 atom stereocenters. The van der Waals surface area contributed by atoms with E-state index in [4.69, 9.17) is 10.6 Å². The predicted molar refractivity (Wildman–Crippen MR) is 127 cm³/mol. The molecule has 5 rings (SSSR count). The van der Waals surface area contributed by atoms with Crippen LogP contribution in [0.5, 0.6) is 0 Å². The lowest BCUT2D eigenvalue weighted by Crippen LogP contribution is -3.19. The van der Waals surface area contributed by atoms with Gasteiger partial charge in [-0.1, -0.05) is 11.1 Å². The summed E-state index contributed by atoms with van der Waals surface area (Å²) in [5.41, 5.74) is 5.97. The second-order valence-corrected chi connectivity index (χ2v) is 11.0. The number of aliphatic carboxylic acids is 1. The third kappa shape index (κ3) is 3.85. The van der Waals surface area contributed by atoms with Crippen LogP contribution in [0.15, 0.2) is 21.8 Å². The number of carboxylic acid groups (broad SMARTS) is 1. The third-order valence-electron chi connectivity index (χ3n) is 7.17. The molecule has 184 valence electrons. The van der Waals surface area contributed by atoms with Crippen molar-refractivity contribution in [2.45, 2.75) is 48.7 Å². The van der Waals surface area contributed by atoms with Gasteiger partial charge in [0, 0.05) is 30.4 Å². The first-order chi connectivity index (χ1) is 16.8. The number of nitrogens with zero attached hydrogens (tertiary/aromatic N) is 3. The van der Waals surface area contributed by atoms with Crippen molar-refractivity contribution in [1.29, 1.82) is 0 Å². The van der Waals surface area contributed by atoms with Crippen LogP contribution in [0.2, 0.25) is 0 Å². The average Bonchev–Trinajstić information content (AvgIpc) is 3.30. The molecule has 0 saturated carbocycles. The number of nitrogen functional groups attached to an aromatic ring is 1. The molecule has 0 radical (unpaired) electrons. The lowest BCUT2D eigenvalue weighted by molar-refractivity contribution is -0.934. The number of thiazole rings is 1. The summed E-state index contributed by atoms with van der Waals surface area (Å²) < 4.78 is 0. The number of carbonyl (C=O) groups is 3. The van der Waals surface area contributed by atoms with Crippen LogP contribution in [0.3, 0.4) is 0 Å². The molecule has 2 unspecified atom stereocenters. The predicted octanol–water partition coefficient (Wildman–Crippen LogP) is -2.31. The Morgan fingerprint density at radius 1 is 1.51 bits per heavy atom. The Labute approximate surface area is 209 Å². The fourth-order valence-corrected chi connectivity index (χ4v) is 7.22. The molecule has 5 heterocycles. The molecule has 2 amide bonds. The molecule has 4 aliphatic heterocycles. The van der Waals surface area contributed by atoms with Crippen LogP contribution < -0.4 is 21.1 Å². The molecule has 11 nitrogen and oxygen atoms in total. The molecule has 0 spiro atoms. The third-order valence-corrected chi connectivity index (χ3v) is 9.18. The van der Waals surface area contributed by atoms with Crippen molar-refractivity contribution in [1.82, 2.24) is 15.2 Å². The van der Waals surface area contributed by atoms with E-state index in [-0.39, 0.29) is 27.8 Å². The van der Waals surface area contributed by atoms with Crippen molar-refractivity contribution in [3.8, 4) is 11.8 Å². The first-order valence-electron chi connectivity index (χ1n) is 11.1. The maximum Gasteiger partial charge on any atom is 0.276 e. The number of rotatable bonds is 7. The van der Waals surface area contributed by atoms with Gasteiger partial charge in [-0.3, -0.25) is 14.5 Å². The van der Waals surface area contributed by atoms with Crippen molar-refractivity contribution < 1.29 is 29.2 Å². The van der Waals surface area contributed by atoms with Crippen LogP contribution in [0, 0.1) is 11.8 Å². The van der Waals surface area contributed by atoms with Crippen molar-refractivity contribution in [3.63, 3.8) is 0 Å². The number of anilines is 1. The second-order valence-electron chi connectivity index (χ2n) is 8.98. The van der Waals surface area contributed by atoms with E-state index in [1.54, 1.807) is 5.38 Å². The van der Waals surface area contributed by atoms with Gasteiger partial charge in [-0.2, -0.15) is 0 Å². The van der Waals surface area contributed by atoms with Gasteiger partial charge in [-0.15, -0.1) is 23.1 Å². The van der Waals surface area contributed by atoms with E-state index in [2.05, 4.69) is 34.3 Å². The number of quaternary nitrogens is 1. The summed E-state index contributed by atoms with van der Waals surface area (Å²) in [7, 11) is 3.40. The van der Waals surface area contributed by atoms with Gasteiger partial charge in [0.05, 0.1) is 31.2 Å². The molecule has 4 aliphatic rings. The fraction of sp³-hybridized carbons (Fsp3) is 0.500. The van der Waals surface area contributed by atoms with Crippen LogP contribution >= 0.6 is 23.1 Å². The summed E-state index contributed by atoms with van der Waals surface area (Å²) in [4.78, 5) is 49.5. The smallest absolute Gasteiger partial charge is 0.276 e. The van der Waals surface area contributed by atoms with E-state index in [9.17, 15) is 19.5 Å². The van der Waals surface area contributed by atoms with E-state index in [1.807, 2.05) is 0 Å². The standard InChI is InChI=1S/C22H24N6O5S2/c1-27-12-4-3-6-22(27,7-5-12)8-11-9-34-19-15(18(30)28(19)16(11)20(31)32)25-17(29)14(26-33-2)13-10-35-21(23)24-13/h10,12,15,19H,4-5,7-9H2,1-2H3,(H2,23,24)(H,25,29)(H,31,32)/b26-14-/t12-,15?,19-,22+/m1/s1. The van der Waals surface area contributed by atoms with Gasteiger partial charge in [-0.25, -0.2) is 4.98 Å². The maximum absolute atomic E-state index is 13.1. The van der Waals surface area contributed by atoms with Gasteiger partial charge >= 0.3 is 0 Å². The van der Waals surface area contributed by atoms with Crippen LogP contribution in [0.25, 0.3) is 0 Å². The average molecular weight is 517 g/mol. The minimum Gasteiger partial charge on any atom is -0.543 e. The number of hydrogen-bond donors (Lipinski definition) is 3. The van der Waals surface area contributed by atoms with E-state index in [0.717, 1.165) is 30.6 Å². The number of carbonyl (C=O) groups excluding carboxylic acids is 3. The molecule has 0 aromatic carbocycles. The fourth-order valence-electron chi connectivity index (χ4n) is 5.33. The highest BCUT2D eigenvalue weighted by molar-refractivity contribution is 8.00. The first kappa shape index (κ1) is 23.7. The number of nitrogens with one attached hydrogen (secondary N) is 2.